The van der Waals surface area contributed by atoms with E-state index in [9.17, 15) is 0 Å². The molecule has 0 aliphatic rings. The predicted molar refractivity (Wildman–Crippen MR) is 73.5 cm³/mol. The minimum absolute atomic E-state index is 0.376. The van der Waals surface area contributed by atoms with E-state index < -0.39 is 0 Å². The van der Waals surface area contributed by atoms with E-state index in [2.05, 4.69) is 43.5 Å². The first kappa shape index (κ1) is 14.0. The van der Waals surface area contributed by atoms with Crippen LogP contribution in [0.4, 0.5) is 0 Å². The lowest BCUT2D eigenvalue weighted by Crippen LogP contribution is -2.31. The third-order valence-electron chi connectivity index (χ3n) is 2.63. The smallest absolute Gasteiger partial charge is 0.0931 e. The summed E-state index contributed by atoms with van der Waals surface area (Å²) in [5.41, 5.74) is 1.28. The topological polar surface area (TPSA) is 15.3 Å². The number of nitrogens with one attached hydrogen (secondary N) is 1. The Morgan fingerprint density at radius 3 is 2.62 bits per heavy atom. The van der Waals surface area contributed by atoms with E-state index in [4.69, 9.17) is 11.6 Å². The standard InChI is InChI=1S/C12H21ClN2S/c1-9(5-6-15(3)4)14-10(2)11-7-12(13)16-8-11/h7-10,14H,5-6H2,1-4H3. The second-order valence-corrected chi connectivity index (χ2v) is 6.11. The Labute approximate surface area is 108 Å². The first-order valence-electron chi connectivity index (χ1n) is 5.63. The van der Waals surface area contributed by atoms with Crippen molar-refractivity contribution in [3.8, 4) is 0 Å². The van der Waals surface area contributed by atoms with Crippen molar-refractivity contribution in [2.75, 3.05) is 20.6 Å². The molecule has 1 N–H and O–H groups in total. The van der Waals surface area contributed by atoms with Crippen molar-refractivity contribution in [3.05, 3.63) is 21.3 Å². The van der Waals surface area contributed by atoms with Gasteiger partial charge < -0.3 is 10.2 Å². The summed E-state index contributed by atoms with van der Waals surface area (Å²) < 4.78 is 0.865. The molecular weight excluding hydrogens is 240 g/mol. The van der Waals surface area contributed by atoms with Crippen LogP contribution in [-0.2, 0) is 0 Å². The van der Waals surface area contributed by atoms with Crippen LogP contribution in [0.2, 0.25) is 4.34 Å². The zero-order chi connectivity index (χ0) is 12.1. The van der Waals surface area contributed by atoms with Gasteiger partial charge >= 0.3 is 0 Å². The molecule has 0 fully saturated rings. The van der Waals surface area contributed by atoms with Crippen molar-refractivity contribution < 1.29 is 0 Å². The van der Waals surface area contributed by atoms with Crippen molar-refractivity contribution in [2.24, 2.45) is 0 Å². The highest BCUT2D eigenvalue weighted by Crippen LogP contribution is 2.24. The van der Waals surface area contributed by atoms with Gasteiger partial charge in [0.25, 0.3) is 0 Å². The van der Waals surface area contributed by atoms with Crippen molar-refractivity contribution >= 4 is 22.9 Å². The zero-order valence-electron chi connectivity index (χ0n) is 10.5. The Balaban J connectivity index is 2.36. The molecular formula is C12H21ClN2S. The Morgan fingerprint density at radius 1 is 1.44 bits per heavy atom. The van der Waals surface area contributed by atoms with Crippen LogP contribution in [0.25, 0.3) is 0 Å². The number of nitrogens with zero attached hydrogens (tertiary/aromatic N) is 1. The fraction of sp³-hybridized carbons (Fsp3) is 0.667. The summed E-state index contributed by atoms with van der Waals surface area (Å²) >= 11 is 7.52. The molecule has 92 valence electrons. The second-order valence-electron chi connectivity index (χ2n) is 4.57. The molecule has 2 unspecified atom stereocenters. The van der Waals surface area contributed by atoms with Gasteiger partial charge in [-0.05, 0) is 57.9 Å². The number of hydrogen-bond donors (Lipinski definition) is 1. The molecule has 0 amide bonds. The lowest BCUT2D eigenvalue weighted by molar-refractivity contribution is 0.354. The Kier molecular flexibility index (Phi) is 5.76. The van der Waals surface area contributed by atoms with Gasteiger partial charge in [-0.2, -0.15) is 0 Å². The molecule has 0 saturated heterocycles. The lowest BCUT2D eigenvalue weighted by atomic mass is 10.1. The number of thiophene rings is 1. The van der Waals surface area contributed by atoms with Crippen LogP contribution in [0.5, 0.6) is 0 Å². The summed E-state index contributed by atoms with van der Waals surface area (Å²) in [7, 11) is 4.21. The van der Waals surface area contributed by atoms with Crippen molar-refractivity contribution in [3.63, 3.8) is 0 Å². The third-order valence-corrected chi connectivity index (χ3v) is 3.74. The zero-order valence-corrected chi connectivity index (χ0v) is 12.0. The van der Waals surface area contributed by atoms with Gasteiger partial charge in [-0.3, -0.25) is 0 Å². The number of halogens is 1. The van der Waals surface area contributed by atoms with Gasteiger partial charge in [0.1, 0.15) is 0 Å². The fourth-order valence-corrected chi connectivity index (χ4v) is 2.59. The molecule has 1 aromatic rings. The third kappa shape index (κ3) is 4.83. The van der Waals surface area contributed by atoms with Crippen LogP contribution in [0.1, 0.15) is 31.9 Å². The van der Waals surface area contributed by atoms with Crippen LogP contribution >= 0.6 is 22.9 Å². The molecule has 0 saturated carbocycles. The molecule has 0 aliphatic heterocycles. The monoisotopic (exact) mass is 260 g/mol. The quantitative estimate of drug-likeness (QED) is 0.844. The van der Waals surface area contributed by atoms with E-state index in [0.29, 0.717) is 12.1 Å². The van der Waals surface area contributed by atoms with Gasteiger partial charge in [0.15, 0.2) is 0 Å². The van der Waals surface area contributed by atoms with Gasteiger partial charge in [-0.15, -0.1) is 11.3 Å². The van der Waals surface area contributed by atoms with E-state index in [1.807, 2.05) is 6.07 Å². The SMILES string of the molecule is CC(CCN(C)C)NC(C)c1csc(Cl)c1. The number of hydrogen-bond acceptors (Lipinski definition) is 3. The minimum Gasteiger partial charge on any atom is -0.309 e. The highest BCUT2D eigenvalue weighted by molar-refractivity contribution is 7.14. The van der Waals surface area contributed by atoms with Crippen LogP contribution in [-0.4, -0.2) is 31.6 Å². The molecule has 4 heteroatoms. The van der Waals surface area contributed by atoms with E-state index in [1.54, 1.807) is 11.3 Å². The highest BCUT2D eigenvalue weighted by atomic mass is 35.5. The number of rotatable bonds is 6. The Morgan fingerprint density at radius 2 is 2.12 bits per heavy atom. The van der Waals surface area contributed by atoms with Gasteiger partial charge in [-0.25, -0.2) is 0 Å². The predicted octanol–water partition coefficient (Wildman–Crippen LogP) is 3.39. The van der Waals surface area contributed by atoms with Crippen LogP contribution in [0.15, 0.2) is 11.4 Å². The summed E-state index contributed by atoms with van der Waals surface area (Å²) in [6.45, 7) is 5.53. The molecule has 1 rings (SSSR count). The van der Waals surface area contributed by atoms with Gasteiger partial charge in [0, 0.05) is 12.1 Å². The van der Waals surface area contributed by atoms with Gasteiger partial charge in [0.05, 0.1) is 4.34 Å². The van der Waals surface area contributed by atoms with Crippen molar-refractivity contribution in [1.82, 2.24) is 10.2 Å². The molecule has 1 heterocycles. The Bertz CT molecular complexity index is 312. The molecule has 0 spiro atoms. The molecule has 1 aromatic heterocycles. The molecule has 2 atom stereocenters. The highest BCUT2D eigenvalue weighted by Gasteiger charge is 2.10. The minimum atomic E-state index is 0.376. The van der Waals surface area contributed by atoms with E-state index in [1.165, 1.54) is 5.56 Å². The van der Waals surface area contributed by atoms with Gasteiger partial charge in [-0.1, -0.05) is 11.6 Å². The molecule has 16 heavy (non-hydrogen) atoms. The average molecular weight is 261 g/mol. The summed E-state index contributed by atoms with van der Waals surface area (Å²) in [6.07, 6.45) is 1.16. The van der Waals surface area contributed by atoms with Crippen LogP contribution in [0, 0.1) is 0 Å². The first-order valence-corrected chi connectivity index (χ1v) is 6.89. The van der Waals surface area contributed by atoms with E-state index in [-0.39, 0.29) is 0 Å². The van der Waals surface area contributed by atoms with Crippen molar-refractivity contribution in [2.45, 2.75) is 32.4 Å². The molecule has 0 radical (unpaired) electrons. The van der Waals surface area contributed by atoms with E-state index in [0.717, 1.165) is 17.3 Å². The molecule has 0 bridgehead atoms. The second kappa shape index (κ2) is 6.60. The fourth-order valence-electron chi connectivity index (χ4n) is 1.61. The Hall–Kier alpha value is -0.0900. The van der Waals surface area contributed by atoms with Crippen molar-refractivity contribution in [1.29, 1.82) is 0 Å². The maximum atomic E-state index is 5.93. The van der Waals surface area contributed by atoms with Gasteiger partial charge in [0.2, 0.25) is 0 Å². The van der Waals surface area contributed by atoms with Crippen LogP contribution < -0.4 is 5.32 Å². The average Bonchev–Trinajstić information content (AvgIpc) is 2.62. The summed E-state index contributed by atoms with van der Waals surface area (Å²) in [6, 6.07) is 2.94. The largest absolute Gasteiger partial charge is 0.309 e. The molecule has 2 nitrogen and oxygen atoms in total. The maximum absolute atomic E-state index is 5.93. The summed E-state index contributed by atoms with van der Waals surface area (Å²) in [4.78, 5) is 2.21. The lowest BCUT2D eigenvalue weighted by Gasteiger charge is -2.21. The van der Waals surface area contributed by atoms with Crippen LogP contribution in [0.3, 0.4) is 0 Å². The summed E-state index contributed by atoms with van der Waals surface area (Å²) in [5.74, 6) is 0. The maximum Gasteiger partial charge on any atom is 0.0931 e. The normalized spacial score (nSPS) is 15.4. The molecule has 0 aromatic carbocycles. The van der Waals surface area contributed by atoms with E-state index >= 15 is 0 Å². The first-order chi connectivity index (χ1) is 7.49. The summed E-state index contributed by atoms with van der Waals surface area (Å²) in [5, 5.41) is 5.71. The molecule has 0 aliphatic carbocycles.